The van der Waals surface area contributed by atoms with Crippen LogP contribution in [-0.4, -0.2) is 16.1 Å². The fourth-order valence-electron chi connectivity index (χ4n) is 2.57. The average molecular weight is 235 g/mol. The second-order valence-electron chi connectivity index (χ2n) is 4.93. The monoisotopic (exact) mass is 235 g/mol. The lowest BCUT2D eigenvalue weighted by atomic mass is 9.86. The van der Waals surface area contributed by atoms with Gasteiger partial charge in [0.2, 0.25) is 5.91 Å². The third-order valence-electron chi connectivity index (χ3n) is 3.52. The van der Waals surface area contributed by atoms with Crippen molar-refractivity contribution in [3.63, 3.8) is 0 Å². The topological polar surface area (TPSA) is 57.8 Å². The van der Waals surface area contributed by atoms with Crippen molar-refractivity contribution in [3.05, 3.63) is 12.4 Å². The summed E-state index contributed by atoms with van der Waals surface area (Å²) >= 11 is 0. The van der Waals surface area contributed by atoms with Crippen molar-refractivity contribution in [1.82, 2.24) is 10.2 Å². The summed E-state index contributed by atoms with van der Waals surface area (Å²) < 4.78 is 0. The Hall–Kier alpha value is -1.32. The summed E-state index contributed by atoms with van der Waals surface area (Å²) in [5.41, 5.74) is 0.757. The van der Waals surface area contributed by atoms with Crippen molar-refractivity contribution in [2.75, 3.05) is 5.32 Å². The molecule has 4 nitrogen and oxygen atoms in total. The molecule has 0 saturated heterocycles. The molecule has 1 heterocycles. The zero-order valence-electron chi connectivity index (χ0n) is 10.2. The maximum atomic E-state index is 11.6. The van der Waals surface area contributed by atoms with Crippen LogP contribution in [0.25, 0.3) is 0 Å². The Balaban J connectivity index is 1.59. The van der Waals surface area contributed by atoms with E-state index in [4.69, 9.17) is 0 Å². The number of hydrogen-bond donors (Lipinski definition) is 2. The number of aromatic nitrogens is 2. The fraction of sp³-hybridized carbons (Fsp3) is 0.692. The summed E-state index contributed by atoms with van der Waals surface area (Å²) in [7, 11) is 0. The van der Waals surface area contributed by atoms with Crippen LogP contribution in [0, 0.1) is 5.92 Å². The van der Waals surface area contributed by atoms with Crippen LogP contribution in [0.1, 0.15) is 51.4 Å². The molecule has 94 valence electrons. The quantitative estimate of drug-likeness (QED) is 0.824. The van der Waals surface area contributed by atoms with Crippen molar-refractivity contribution in [3.8, 4) is 0 Å². The lowest BCUT2D eigenvalue weighted by Gasteiger charge is -2.21. The molecule has 0 atom stereocenters. The van der Waals surface area contributed by atoms with Crippen LogP contribution in [0.5, 0.6) is 0 Å². The number of carbonyl (C=O) groups excluding carboxylic acids is 1. The zero-order chi connectivity index (χ0) is 11.9. The number of anilines is 1. The van der Waals surface area contributed by atoms with Gasteiger partial charge >= 0.3 is 0 Å². The van der Waals surface area contributed by atoms with Crippen molar-refractivity contribution in [2.24, 2.45) is 5.92 Å². The molecule has 0 unspecified atom stereocenters. The SMILES string of the molecule is O=C(CCCC1CCCCC1)Nc1cn[nH]c1. The van der Waals surface area contributed by atoms with Crippen LogP contribution in [-0.2, 0) is 4.79 Å². The Morgan fingerprint density at radius 2 is 2.24 bits per heavy atom. The predicted octanol–water partition coefficient (Wildman–Crippen LogP) is 3.10. The molecule has 2 N–H and O–H groups in total. The molecule has 1 saturated carbocycles. The van der Waals surface area contributed by atoms with E-state index in [9.17, 15) is 4.79 Å². The molecule has 0 aliphatic heterocycles. The van der Waals surface area contributed by atoms with Gasteiger partial charge < -0.3 is 5.32 Å². The largest absolute Gasteiger partial charge is 0.323 e. The zero-order valence-corrected chi connectivity index (χ0v) is 10.2. The van der Waals surface area contributed by atoms with Crippen molar-refractivity contribution in [1.29, 1.82) is 0 Å². The van der Waals surface area contributed by atoms with E-state index in [1.54, 1.807) is 12.4 Å². The van der Waals surface area contributed by atoms with Gasteiger partial charge in [-0.05, 0) is 18.8 Å². The molecular formula is C13H21N3O. The summed E-state index contributed by atoms with van der Waals surface area (Å²) in [6.07, 6.45) is 13.1. The van der Waals surface area contributed by atoms with Gasteiger partial charge in [-0.3, -0.25) is 9.89 Å². The van der Waals surface area contributed by atoms with E-state index >= 15 is 0 Å². The van der Waals surface area contributed by atoms with Crippen LogP contribution in [0.15, 0.2) is 12.4 Å². The molecule has 1 amide bonds. The van der Waals surface area contributed by atoms with E-state index in [-0.39, 0.29) is 5.91 Å². The fourth-order valence-corrected chi connectivity index (χ4v) is 2.57. The molecule has 0 spiro atoms. The van der Waals surface area contributed by atoms with Crippen molar-refractivity contribution in [2.45, 2.75) is 51.4 Å². The van der Waals surface area contributed by atoms with Crippen LogP contribution in [0.3, 0.4) is 0 Å². The van der Waals surface area contributed by atoms with Crippen LogP contribution < -0.4 is 5.32 Å². The van der Waals surface area contributed by atoms with Crippen molar-refractivity contribution < 1.29 is 4.79 Å². The molecule has 1 aromatic heterocycles. The standard InChI is InChI=1S/C13H21N3O/c17-13(16-12-9-14-15-10-12)8-4-7-11-5-2-1-3-6-11/h9-11H,1-8H2,(H,14,15)(H,16,17). The maximum absolute atomic E-state index is 11.6. The summed E-state index contributed by atoms with van der Waals surface area (Å²) in [6, 6.07) is 0. The van der Waals surface area contributed by atoms with E-state index in [1.165, 1.54) is 38.5 Å². The Morgan fingerprint density at radius 1 is 1.41 bits per heavy atom. The number of nitrogens with one attached hydrogen (secondary N) is 2. The summed E-state index contributed by atoms with van der Waals surface area (Å²) in [5.74, 6) is 0.965. The van der Waals surface area contributed by atoms with E-state index in [2.05, 4.69) is 15.5 Å². The molecule has 1 aliphatic rings. The highest BCUT2D eigenvalue weighted by molar-refractivity contribution is 5.90. The molecule has 0 radical (unpaired) electrons. The average Bonchev–Trinajstić information content (AvgIpc) is 2.83. The number of H-pyrrole nitrogens is 1. The Morgan fingerprint density at radius 3 is 2.94 bits per heavy atom. The molecule has 0 aromatic carbocycles. The first kappa shape index (κ1) is 12.1. The van der Waals surface area contributed by atoms with Crippen LogP contribution in [0.4, 0.5) is 5.69 Å². The number of rotatable bonds is 5. The van der Waals surface area contributed by atoms with E-state index in [1.807, 2.05) is 0 Å². The molecular weight excluding hydrogens is 214 g/mol. The molecule has 4 heteroatoms. The first-order chi connectivity index (χ1) is 8.34. The van der Waals surface area contributed by atoms with Gasteiger partial charge in [0.15, 0.2) is 0 Å². The molecule has 1 aromatic rings. The minimum Gasteiger partial charge on any atom is -0.323 e. The van der Waals surface area contributed by atoms with Crippen LogP contribution in [0.2, 0.25) is 0 Å². The third kappa shape index (κ3) is 4.21. The summed E-state index contributed by atoms with van der Waals surface area (Å²) in [6.45, 7) is 0. The van der Waals surface area contributed by atoms with Gasteiger partial charge in [-0.1, -0.05) is 32.1 Å². The first-order valence-electron chi connectivity index (χ1n) is 6.63. The number of carbonyl (C=O) groups is 1. The second kappa shape index (κ2) is 6.42. The molecule has 17 heavy (non-hydrogen) atoms. The highest BCUT2D eigenvalue weighted by Crippen LogP contribution is 2.27. The Kier molecular flexibility index (Phi) is 4.59. The lowest BCUT2D eigenvalue weighted by Crippen LogP contribution is -2.12. The first-order valence-corrected chi connectivity index (χ1v) is 6.63. The highest BCUT2D eigenvalue weighted by atomic mass is 16.1. The second-order valence-corrected chi connectivity index (χ2v) is 4.93. The smallest absolute Gasteiger partial charge is 0.224 e. The number of amides is 1. The van der Waals surface area contributed by atoms with Crippen LogP contribution >= 0.6 is 0 Å². The minimum atomic E-state index is 0.0993. The van der Waals surface area contributed by atoms with E-state index in [0.29, 0.717) is 6.42 Å². The summed E-state index contributed by atoms with van der Waals surface area (Å²) in [4.78, 5) is 11.6. The van der Waals surface area contributed by atoms with E-state index < -0.39 is 0 Å². The van der Waals surface area contributed by atoms with Gasteiger partial charge in [-0.25, -0.2) is 0 Å². The summed E-state index contributed by atoms with van der Waals surface area (Å²) in [5, 5.41) is 9.29. The van der Waals surface area contributed by atoms with Gasteiger partial charge in [0.25, 0.3) is 0 Å². The van der Waals surface area contributed by atoms with E-state index in [0.717, 1.165) is 18.0 Å². The number of hydrogen-bond acceptors (Lipinski definition) is 2. The highest BCUT2D eigenvalue weighted by Gasteiger charge is 2.13. The Bertz CT molecular complexity index is 328. The third-order valence-corrected chi connectivity index (χ3v) is 3.52. The number of aromatic amines is 1. The van der Waals surface area contributed by atoms with Gasteiger partial charge in [-0.2, -0.15) is 5.10 Å². The maximum Gasteiger partial charge on any atom is 0.224 e. The normalized spacial score (nSPS) is 16.9. The lowest BCUT2D eigenvalue weighted by molar-refractivity contribution is -0.116. The minimum absolute atomic E-state index is 0.0993. The van der Waals surface area contributed by atoms with Crippen molar-refractivity contribution >= 4 is 11.6 Å². The molecule has 1 fully saturated rings. The molecule has 0 bridgehead atoms. The molecule has 1 aliphatic carbocycles. The van der Waals surface area contributed by atoms with Gasteiger partial charge in [0.05, 0.1) is 11.9 Å². The van der Waals surface area contributed by atoms with Gasteiger partial charge in [0.1, 0.15) is 0 Å². The predicted molar refractivity (Wildman–Crippen MR) is 67.6 cm³/mol. The van der Waals surface area contributed by atoms with Gasteiger partial charge in [-0.15, -0.1) is 0 Å². The number of nitrogens with zero attached hydrogens (tertiary/aromatic N) is 1. The molecule has 2 rings (SSSR count). The Labute approximate surface area is 102 Å². The van der Waals surface area contributed by atoms with Gasteiger partial charge in [0, 0.05) is 12.6 Å².